The summed E-state index contributed by atoms with van der Waals surface area (Å²) in [5.41, 5.74) is 8.40. The van der Waals surface area contributed by atoms with Crippen molar-refractivity contribution in [1.82, 2.24) is 0 Å². The molecule has 1 aliphatic rings. The second-order valence-electron chi connectivity index (χ2n) is 4.96. The molecule has 1 aromatic rings. The Labute approximate surface area is 105 Å². The lowest BCUT2D eigenvalue weighted by molar-refractivity contribution is 0.726. The van der Waals surface area contributed by atoms with Gasteiger partial charge in [-0.2, -0.15) is 0 Å². The molecule has 2 heteroatoms. The largest absolute Gasteiger partial charge is 0.372 e. The fraction of sp³-hybridized carbons (Fsp3) is 0.600. The van der Waals surface area contributed by atoms with Crippen LogP contribution in [0.5, 0.6) is 0 Å². The summed E-state index contributed by atoms with van der Waals surface area (Å²) in [6.45, 7) is 3.23. The highest BCUT2D eigenvalue weighted by Gasteiger charge is 2.09. The number of hydrogen-bond donors (Lipinski definition) is 1. The summed E-state index contributed by atoms with van der Waals surface area (Å²) in [5.74, 6) is 0. The summed E-state index contributed by atoms with van der Waals surface area (Å²) in [4.78, 5) is 2.54. The predicted octanol–water partition coefficient (Wildman–Crippen LogP) is 2.96. The maximum Gasteiger partial charge on any atom is 0.0368 e. The van der Waals surface area contributed by atoms with Crippen molar-refractivity contribution in [3.63, 3.8) is 0 Å². The highest BCUT2D eigenvalue weighted by atomic mass is 15.1. The smallest absolute Gasteiger partial charge is 0.0368 e. The summed E-state index contributed by atoms with van der Waals surface area (Å²) in [7, 11) is 0. The zero-order valence-electron chi connectivity index (χ0n) is 10.7. The first kappa shape index (κ1) is 12.4. The van der Waals surface area contributed by atoms with E-state index in [9.17, 15) is 0 Å². The Hall–Kier alpha value is -1.02. The third-order valence-corrected chi connectivity index (χ3v) is 3.55. The van der Waals surface area contributed by atoms with Gasteiger partial charge in [0.15, 0.2) is 0 Å². The van der Waals surface area contributed by atoms with Gasteiger partial charge in [-0.3, -0.25) is 0 Å². The number of rotatable bonds is 4. The number of anilines is 1. The van der Waals surface area contributed by atoms with E-state index >= 15 is 0 Å². The van der Waals surface area contributed by atoms with Crippen molar-refractivity contribution in [2.24, 2.45) is 5.73 Å². The van der Waals surface area contributed by atoms with E-state index in [2.05, 4.69) is 29.2 Å². The van der Waals surface area contributed by atoms with Gasteiger partial charge in [-0.1, -0.05) is 25.0 Å². The molecule has 2 N–H and O–H groups in total. The Morgan fingerprint density at radius 1 is 1.06 bits per heavy atom. The van der Waals surface area contributed by atoms with Gasteiger partial charge in [-0.05, 0) is 49.9 Å². The first-order chi connectivity index (χ1) is 8.40. The number of nitrogens with two attached hydrogens (primary N) is 1. The molecule has 0 atom stereocenters. The Morgan fingerprint density at radius 3 is 2.53 bits per heavy atom. The van der Waals surface area contributed by atoms with Gasteiger partial charge in [-0.15, -0.1) is 0 Å². The van der Waals surface area contributed by atoms with Crippen LogP contribution in [-0.4, -0.2) is 19.6 Å². The van der Waals surface area contributed by atoms with Crippen LogP contribution in [0.3, 0.4) is 0 Å². The molecule has 1 aromatic carbocycles. The van der Waals surface area contributed by atoms with E-state index in [-0.39, 0.29) is 0 Å². The van der Waals surface area contributed by atoms with Crippen molar-refractivity contribution in [3.8, 4) is 0 Å². The van der Waals surface area contributed by atoms with Crippen LogP contribution in [0.4, 0.5) is 5.69 Å². The van der Waals surface area contributed by atoms with Crippen LogP contribution in [0.25, 0.3) is 0 Å². The molecular formula is C15H24N2. The minimum absolute atomic E-state index is 0.786. The van der Waals surface area contributed by atoms with Crippen molar-refractivity contribution in [2.45, 2.75) is 38.5 Å². The highest BCUT2D eigenvalue weighted by Crippen LogP contribution is 2.21. The van der Waals surface area contributed by atoms with E-state index in [1.807, 2.05) is 0 Å². The number of hydrogen-bond acceptors (Lipinski definition) is 2. The quantitative estimate of drug-likeness (QED) is 0.865. The van der Waals surface area contributed by atoms with Crippen molar-refractivity contribution >= 4 is 5.69 Å². The summed E-state index contributed by atoms with van der Waals surface area (Å²) in [6.07, 6.45) is 7.66. The Bertz CT molecular complexity index is 327. The Kier molecular flexibility index (Phi) is 4.87. The molecule has 94 valence electrons. The normalized spacial score (nSPS) is 16.9. The molecule has 0 amide bonds. The fourth-order valence-corrected chi connectivity index (χ4v) is 2.54. The molecule has 2 nitrogen and oxygen atoms in total. The third kappa shape index (κ3) is 3.74. The molecule has 0 aromatic heterocycles. The number of nitrogens with zero attached hydrogens (tertiary/aromatic N) is 1. The fourth-order valence-electron chi connectivity index (χ4n) is 2.54. The van der Waals surface area contributed by atoms with Gasteiger partial charge in [0.25, 0.3) is 0 Å². The van der Waals surface area contributed by atoms with E-state index < -0.39 is 0 Å². The molecule has 2 rings (SSSR count). The Morgan fingerprint density at radius 2 is 1.82 bits per heavy atom. The zero-order valence-corrected chi connectivity index (χ0v) is 10.7. The minimum atomic E-state index is 0.786. The summed E-state index contributed by atoms with van der Waals surface area (Å²) < 4.78 is 0. The van der Waals surface area contributed by atoms with Crippen molar-refractivity contribution < 1.29 is 0 Å². The maximum absolute atomic E-state index is 5.57. The van der Waals surface area contributed by atoms with Crippen LogP contribution in [-0.2, 0) is 6.42 Å². The molecule has 0 spiro atoms. The van der Waals surface area contributed by atoms with Gasteiger partial charge < -0.3 is 10.6 Å². The number of aryl methyl sites for hydroxylation is 1. The summed E-state index contributed by atoms with van der Waals surface area (Å²) in [6, 6.07) is 9.00. The van der Waals surface area contributed by atoms with Gasteiger partial charge in [0, 0.05) is 18.8 Å². The second kappa shape index (κ2) is 6.65. The molecule has 0 bridgehead atoms. The molecule has 0 saturated carbocycles. The lowest BCUT2D eigenvalue weighted by Gasteiger charge is -2.23. The van der Waals surface area contributed by atoms with Gasteiger partial charge >= 0.3 is 0 Å². The van der Waals surface area contributed by atoms with Gasteiger partial charge in [-0.25, -0.2) is 0 Å². The molecule has 0 radical (unpaired) electrons. The third-order valence-electron chi connectivity index (χ3n) is 3.55. The molecule has 1 saturated heterocycles. The van der Waals surface area contributed by atoms with Crippen LogP contribution in [0.1, 0.15) is 37.7 Å². The van der Waals surface area contributed by atoms with E-state index in [0.29, 0.717) is 0 Å². The van der Waals surface area contributed by atoms with E-state index in [1.54, 1.807) is 0 Å². The average molecular weight is 232 g/mol. The molecule has 1 aliphatic heterocycles. The van der Waals surface area contributed by atoms with Crippen molar-refractivity contribution in [1.29, 1.82) is 0 Å². The first-order valence-electron chi connectivity index (χ1n) is 6.94. The second-order valence-corrected chi connectivity index (χ2v) is 4.96. The van der Waals surface area contributed by atoms with Crippen molar-refractivity contribution in [3.05, 3.63) is 29.8 Å². The Balaban J connectivity index is 2.03. The summed E-state index contributed by atoms with van der Waals surface area (Å²) >= 11 is 0. The summed E-state index contributed by atoms with van der Waals surface area (Å²) in [5, 5.41) is 0. The molecular weight excluding hydrogens is 208 g/mol. The highest BCUT2D eigenvalue weighted by molar-refractivity contribution is 5.48. The predicted molar refractivity (Wildman–Crippen MR) is 74.5 cm³/mol. The maximum atomic E-state index is 5.57. The van der Waals surface area contributed by atoms with Crippen LogP contribution < -0.4 is 10.6 Å². The van der Waals surface area contributed by atoms with Gasteiger partial charge in [0.05, 0.1) is 0 Å². The first-order valence-corrected chi connectivity index (χ1v) is 6.94. The average Bonchev–Trinajstić information content (AvgIpc) is 2.65. The van der Waals surface area contributed by atoms with Gasteiger partial charge in [0.1, 0.15) is 0 Å². The zero-order chi connectivity index (χ0) is 11.9. The van der Waals surface area contributed by atoms with E-state index in [0.717, 1.165) is 19.4 Å². The standard InChI is InChI=1S/C15H24N2/c16-10-6-8-14-7-5-9-15(13-14)17-11-3-1-2-4-12-17/h5,7,9,13H,1-4,6,8,10-12,16H2. The van der Waals surface area contributed by atoms with Gasteiger partial charge in [0.2, 0.25) is 0 Å². The topological polar surface area (TPSA) is 29.3 Å². The van der Waals surface area contributed by atoms with E-state index in [1.165, 1.54) is 50.0 Å². The SMILES string of the molecule is NCCCc1cccc(N2CCCCCC2)c1. The van der Waals surface area contributed by atoms with Crippen LogP contribution >= 0.6 is 0 Å². The van der Waals surface area contributed by atoms with Crippen LogP contribution in [0.2, 0.25) is 0 Å². The lowest BCUT2D eigenvalue weighted by Crippen LogP contribution is -2.23. The molecule has 0 unspecified atom stereocenters. The van der Waals surface area contributed by atoms with Crippen LogP contribution in [0.15, 0.2) is 24.3 Å². The minimum Gasteiger partial charge on any atom is -0.372 e. The van der Waals surface area contributed by atoms with E-state index in [4.69, 9.17) is 5.73 Å². The van der Waals surface area contributed by atoms with Crippen LogP contribution in [0, 0.1) is 0 Å². The molecule has 0 aliphatic carbocycles. The molecule has 17 heavy (non-hydrogen) atoms. The molecule has 1 heterocycles. The monoisotopic (exact) mass is 232 g/mol. The lowest BCUT2D eigenvalue weighted by atomic mass is 10.1. The molecule has 1 fully saturated rings. The van der Waals surface area contributed by atoms with Crippen molar-refractivity contribution in [2.75, 3.05) is 24.5 Å². The number of benzene rings is 1.